The van der Waals surface area contributed by atoms with Crippen LogP contribution in [0.1, 0.15) is 37.5 Å². The number of fused-ring (bicyclic) bond motifs is 6. The molecule has 0 fully saturated rings. The van der Waals surface area contributed by atoms with Crippen LogP contribution in [0.3, 0.4) is 0 Å². The predicted octanol–water partition coefficient (Wildman–Crippen LogP) is 14.4. The summed E-state index contributed by atoms with van der Waals surface area (Å²) < 4.78 is 0. The Kier molecular flexibility index (Phi) is 6.94. The van der Waals surface area contributed by atoms with Crippen LogP contribution in [0.5, 0.6) is 0 Å². The molecule has 0 saturated carbocycles. The highest BCUT2D eigenvalue weighted by Gasteiger charge is 2.21. The summed E-state index contributed by atoms with van der Waals surface area (Å²) in [5, 5.41) is 12.8. The Hall–Kier alpha value is -5.72. The maximum absolute atomic E-state index is 2.48. The van der Waals surface area contributed by atoms with E-state index in [1.807, 2.05) is 0 Å². The van der Waals surface area contributed by atoms with Crippen molar-refractivity contribution in [2.75, 3.05) is 0 Å². The zero-order valence-corrected chi connectivity index (χ0v) is 29.4. The Labute approximate surface area is 294 Å². The lowest BCUT2D eigenvalue weighted by atomic mass is 9.81. The van der Waals surface area contributed by atoms with Crippen molar-refractivity contribution in [3.63, 3.8) is 0 Å². The monoisotopic (exact) mass is 640 g/mol. The van der Waals surface area contributed by atoms with E-state index >= 15 is 0 Å². The van der Waals surface area contributed by atoms with Gasteiger partial charge in [0.15, 0.2) is 0 Å². The molecule has 0 nitrogen and oxygen atoms in total. The molecular weight excluding hydrogens is 601 g/mol. The molecule has 9 aromatic carbocycles. The molecule has 0 aromatic heterocycles. The summed E-state index contributed by atoms with van der Waals surface area (Å²) in [4.78, 5) is 0. The lowest BCUT2D eigenvalue weighted by Crippen LogP contribution is -2.10. The zero-order valence-electron chi connectivity index (χ0n) is 29.4. The fourth-order valence-corrected chi connectivity index (χ4v) is 8.14. The van der Waals surface area contributed by atoms with E-state index in [0.717, 1.165) is 0 Å². The van der Waals surface area contributed by atoms with Crippen molar-refractivity contribution in [2.24, 2.45) is 0 Å². The zero-order chi connectivity index (χ0) is 34.1. The second kappa shape index (κ2) is 11.4. The van der Waals surface area contributed by atoms with Crippen LogP contribution < -0.4 is 0 Å². The minimum absolute atomic E-state index is 0.100. The average molecular weight is 641 g/mol. The summed E-state index contributed by atoms with van der Waals surface area (Å²) in [5.41, 5.74) is 11.6. The molecule has 0 aliphatic carbocycles. The van der Waals surface area contributed by atoms with Crippen LogP contribution in [-0.4, -0.2) is 0 Å². The third-order valence-corrected chi connectivity index (χ3v) is 10.7. The van der Waals surface area contributed by atoms with Crippen LogP contribution in [0.15, 0.2) is 152 Å². The van der Waals surface area contributed by atoms with Gasteiger partial charge < -0.3 is 0 Å². The molecule has 9 rings (SSSR count). The summed E-state index contributed by atoms with van der Waals surface area (Å²) in [6.07, 6.45) is 0. The fraction of sp³-hybridized carbons (Fsp3) is 0.120. The topological polar surface area (TPSA) is 0 Å². The first-order valence-electron chi connectivity index (χ1n) is 17.8. The van der Waals surface area contributed by atoms with Crippen molar-refractivity contribution in [3.05, 3.63) is 168 Å². The summed E-state index contributed by atoms with van der Waals surface area (Å²) in [6, 6.07) is 57.2. The third-order valence-electron chi connectivity index (χ3n) is 10.7. The second-order valence-corrected chi connectivity index (χ2v) is 15.1. The first kappa shape index (κ1) is 30.3. The fourth-order valence-electron chi connectivity index (χ4n) is 8.14. The van der Waals surface area contributed by atoms with E-state index in [4.69, 9.17) is 0 Å². The maximum Gasteiger partial charge on any atom is -0.00198 e. The van der Waals surface area contributed by atoms with Crippen molar-refractivity contribution in [3.8, 4) is 33.4 Å². The molecule has 0 aliphatic heterocycles. The van der Waals surface area contributed by atoms with Gasteiger partial charge in [0.05, 0.1) is 0 Å². The van der Waals surface area contributed by atoms with Crippen LogP contribution in [0.25, 0.3) is 87.2 Å². The van der Waals surface area contributed by atoms with Crippen LogP contribution >= 0.6 is 0 Å². The highest BCUT2D eigenvalue weighted by Crippen LogP contribution is 2.48. The Morgan fingerprint density at radius 3 is 1.64 bits per heavy atom. The summed E-state index contributed by atoms with van der Waals surface area (Å²) in [5.74, 6) is 0. The lowest BCUT2D eigenvalue weighted by molar-refractivity contribution is 0.590. The van der Waals surface area contributed by atoms with Crippen LogP contribution in [0.2, 0.25) is 0 Å². The minimum Gasteiger partial charge on any atom is -0.0616 e. The van der Waals surface area contributed by atoms with E-state index in [1.165, 1.54) is 104 Å². The first-order chi connectivity index (χ1) is 24.2. The van der Waals surface area contributed by atoms with Gasteiger partial charge in [0.25, 0.3) is 0 Å². The second-order valence-electron chi connectivity index (χ2n) is 15.1. The molecule has 0 heteroatoms. The van der Waals surface area contributed by atoms with E-state index in [2.05, 4.69) is 186 Å². The van der Waals surface area contributed by atoms with Gasteiger partial charge in [0.1, 0.15) is 0 Å². The average Bonchev–Trinajstić information content (AvgIpc) is 3.13. The number of hydrogen-bond acceptors (Lipinski definition) is 0. The van der Waals surface area contributed by atoms with Gasteiger partial charge in [-0.05, 0) is 124 Å². The van der Waals surface area contributed by atoms with Crippen molar-refractivity contribution < 1.29 is 0 Å². The van der Waals surface area contributed by atoms with E-state index in [0.29, 0.717) is 0 Å². The van der Waals surface area contributed by atoms with Crippen molar-refractivity contribution in [1.82, 2.24) is 0 Å². The normalized spacial score (nSPS) is 12.1. The van der Waals surface area contributed by atoms with Gasteiger partial charge in [0.2, 0.25) is 0 Å². The van der Waals surface area contributed by atoms with E-state index < -0.39 is 0 Å². The van der Waals surface area contributed by atoms with E-state index in [-0.39, 0.29) is 5.41 Å². The minimum atomic E-state index is 0.100. The summed E-state index contributed by atoms with van der Waals surface area (Å²) in [6.45, 7) is 11.3. The lowest BCUT2D eigenvalue weighted by Gasteiger charge is -2.22. The highest BCUT2D eigenvalue weighted by atomic mass is 14.2. The van der Waals surface area contributed by atoms with Gasteiger partial charge >= 0.3 is 0 Å². The smallest absolute Gasteiger partial charge is 0.00198 e. The Balaban J connectivity index is 1.41. The summed E-state index contributed by atoms with van der Waals surface area (Å²) in [7, 11) is 0. The number of hydrogen-bond donors (Lipinski definition) is 0. The molecule has 0 heterocycles. The first-order valence-corrected chi connectivity index (χ1v) is 17.8. The largest absolute Gasteiger partial charge is 0.0616 e. The molecular formula is C50H40. The Bertz CT molecular complexity index is 2790. The van der Waals surface area contributed by atoms with Crippen molar-refractivity contribution in [1.29, 1.82) is 0 Å². The standard InChI is InChI=1S/C50H40/c1-31-18-26-43-45(27-31)48(34-21-23-37(24-22-34)50(3,4)5)42-25-17-32(2)28-46(42)49(43)47-30-44-38(36-20-19-33-11-6-7-12-35(33)29-36)15-10-16-40(44)39-13-8-9-14-41(39)47/h6-30H,1-5H3. The van der Waals surface area contributed by atoms with Gasteiger partial charge in [-0.2, -0.15) is 0 Å². The Morgan fingerprint density at radius 2 is 0.920 bits per heavy atom. The molecule has 0 saturated heterocycles. The van der Waals surface area contributed by atoms with Gasteiger partial charge in [0, 0.05) is 0 Å². The molecule has 0 radical (unpaired) electrons. The highest BCUT2D eigenvalue weighted by molar-refractivity contribution is 6.26. The summed E-state index contributed by atoms with van der Waals surface area (Å²) >= 11 is 0. The van der Waals surface area contributed by atoms with Gasteiger partial charge in [-0.25, -0.2) is 0 Å². The predicted molar refractivity (Wildman–Crippen MR) is 218 cm³/mol. The molecule has 0 unspecified atom stereocenters. The molecule has 0 bridgehead atoms. The molecule has 0 spiro atoms. The van der Waals surface area contributed by atoms with E-state index in [9.17, 15) is 0 Å². The van der Waals surface area contributed by atoms with E-state index in [1.54, 1.807) is 0 Å². The van der Waals surface area contributed by atoms with Gasteiger partial charge in [-0.1, -0.05) is 171 Å². The van der Waals surface area contributed by atoms with Gasteiger partial charge in [-0.15, -0.1) is 0 Å². The van der Waals surface area contributed by atoms with Crippen LogP contribution in [0.4, 0.5) is 0 Å². The molecule has 50 heavy (non-hydrogen) atoms. The molecule has 9 aromatic rings. The SMILES string of the molecule is Cc1ccc2c(-c3cc4c(-c5ccc6ccccc6c5)cccc4c4ccccc34)c3cc(C)ccc3c(-c3ccc(C(C)(C)C)cc3)c2c1. The quantitative estimate of drug-likeness (QED) is 0.133. The molecule has 240 valence electrons. The van der Waals surface area contributed by atoms with Crippen molar-refractivity contribution in [2.45, 2.75) is 40.0 Å². The maximum atomic E-state index is 2.48. The van der Waals surface area contributed by atoms with Gasteiger partial charge in [-0.3, -0.25) is 0 Å². The Morgan fingerprint density at radius 1 is 0.340 bits per heavy atom. The van der Waals surface area contributed by atoms with Crippen LogP contribution in [-0.2, 0) is 5.41 Å². The third kappa shape index (κ3) is 4.90. The molecule has 0 aliphatic rings. The van der Waals surface area contributed by atoms with Crippen molar-refractivity contribution >= 4 is 53.9 Å². The number of aryl methyl sites for hydroxylation is 2. The van der Waals surface area contributed by atoms with Crippen LogP contribution in [0, 0.1) is 13.8 Å². The molecule has 0 atom stereocenters. The molecule has 0 amide bonds. The molecule has 0 N–H and O–H groups in total. The number of rotatable bonds is 3. The number of benzene rings is 9.